The average molecular weight is 214 g/mol. The molecule has 15 heavy (non-hydrogen) atoms. The maximum absolute atomic E-state index is 9.60. The van der Waals surface area contributed by atoms with Crippen LogP contribution in [0.15, 0.2) is 18.2 Å². The minimum atomic E-state index is -1.42. The molecular formula is C10H14O5. The topological polar surface area (TPSA) is 101 Å². The van der Waals surface area contributed by atoms with Gasteiger partial charge in [0.2, 0.25) is 0 Å². The third kappa shape index (κ3) is 2.59. The molecule has 0 saturated carbocycles. The molecule has 2 unspecified atom stereocenters. The first-order valence-corrected chi connectivity index (χ1v) is 4.55. The molecule has 5 nitrogen and oxygen atoms in total. The molecule has 0 aromatic heterocycles. The summed E-state index contributed by atoms with van der Waals surface area (Å²) in [7, 11) is 0. The molecule has 0 fully saturated rings. The van der Waals surface area contributed by atoms with E-state index < -0.39 is 12.2 Å². The quantitative estimate of drug-likeness (QED) is 0.481. The van der Waals surface area contributed by atoms with Crippen LogP contribution in [-0.2, 0) is 0 Å². The smallest absolute Gasteiger partial charge is 0.125 e. The SMILES string of the molecule is OCCC(O)C(O)c1c(O)cccc1O. The normalized spacial score (nSPS) is 14.9. The maximum Gasteiger partial charge on any atom is 0.125 e. The van der Waals surface area contributed by atoms with Gasteiger partial charge in [0.15, 0.2) is 0 Å². The van der Waals surface area contributed by atoms with Crippen LogP contribution in [0.1, 0.15) is 18.1 Å². The van der Waals surface area contributed by atoms with Gasteiger partial charge in [-0.15, -0.1) is 0 Å². The molecule has 0 bridgehead atoms. The number of benzene rings is 1. The number of hydrogen-bond acceptors (Lipinski definition) is 5. The van der Waals surface area contributed by atoms with Crippen LogP contribution < -0.4 is 0 Å². The number of aromatic hydroxyl groups is 2. The first-order chi connectivity index (χ1) is 7.07. The summed E-state index contributed by atoms with van der Waals surface area (Å²) in [6.45, 7) is -0.285. The van der Waals surface area contributed by atoms with Gasteiger partial charge in [-0.2, -0.15) is 0 Å². The Labute approximate surface area is 86.9 Å². The summed E-state index contributed by atoms with van der Waals surface area (Å²) in [5, 5.41) is 46.3. The van der Waals surface area contributed by atoms with Crippen LogP contribution in [0.5, 0.6) is 11.5 Å². The largest absolute Gasteiger partial charge is 0.507 e. The van der Waals surface area contributed by atoms with Crippen LogP contribution in [-0.4, -0.2) is 38.2 Å². The molecule has 0 aliphatic carbocycles. The summed E-state index contributed by atoms with van der Waals surface area (Å²) in [4.78, 5) is 0. The highest BCUT2D eigenvalue weighted by atomic mass is 16.3. The van der Waals surface area contributed by atoms with Gasteiger partial charge in [-0.25, -0.2) is 0 Å². The zero-order valence-electron chi connectivity index (χ0n) is 8.04. The molecule has 0 aliphatic heterocycles. The van der Waals surface area contributed by atoms with E-state index in [-0.39, 0.29) is 30.1 Å². The van der Waals surface area contributed by atoms with E-state index in [2.05, 4.69) is 0 Å². The fraction of sp³-hybridized carbons (Fsp3) is 0.400. The van der Waals surface area contributed by atoms with E-state index in [1.54, 1.807) is 0 Å². The number of aliphatic hydroxyl groups excluding tert-OH is 3. The molecule has 0 radical (unpaired) electrons. The molecule has 5 heteroatoms. The highest BCUT2D eigenvalue weighted by molar-refractivity contribution is 5.44. The third-order valence-corrected chi connectivity index (χ3v) is 2.15. The van der Waals surface area contributed by atoms with Crippen molar-refractivity contribution in [3.63, 3.8) is 0 Å². The number of phenolic OH excluding ortho intramolecular Hbond substituents is 2. The Bertz CT molecular complexity index is 305. The van der Waals surface area contributed by atoms with E-state index in [0.29, 0.717) is 0 Å². The van der Waals surface area contributed by atoms with Crippen molar-refractivity contribution in [2.24, 2.45) is 0 Å². The summed E-state index contributed by atoms with van der Waals surface area (Å²) < 4.78 is 0. The molecule has 0 heterocycles. The second-order valence-corrected chi connectivity index (χ2v) is 3.23. The van der Waals surface area contributed by atoms with E-state index in [4.69, 9.17) is 5.11 Å². The highest BCUT2D eigenvalue weighted by Gasteiger charge is 2.23. The third-order valence-electron chi connectivity index (χ3n) is 2.15. The van der Waals surface area contributed by atoms with Gasteiger partial charge in [-0.1, -0.05) is 6.07 Å². The summed E-state index contributed by atoms with van der Waals surface area (Å²) in [6, 6.07) is 4.01. The Morgan fingerprint density at radius 2 is 1.60 bits per heavy atom. The number of hydrogen-bond donors (Lipinski definition) is 5. The second-order valence-electron chi connectivity index (χ2n) is 3.23. The van der Waals surface area contributed by atoms with Crippen LogP contribution in [0.4, 0.5) is 0 Å². The van der Waals surface area contributed by atoms with E-state index in [0.717, 1.165) is 0 Å². The van der Waals surface area contributed by atoms with Gasteiger partial charge in [-0.3, -0.25) is 0 Å². The number of rotatable bonds is 4. The lowest BCUT2D eigenvalue weighted by atomic mass is 10.0. The molecule has 1 rings (SSSR count). The van der Waals surface area contributed by atoms with E-state index >= 15 is 0 Å². The Kier molecular flexibility index (Phi) is 3.90. The predicted octanol–water partition coefficient (Wildman–Crippen LogP) is -0.126. The molecule has 84 valence electrons. The van der Waals surface area contributed by atoms with Crippen LogP contribution in [0.2, 0.25) is 0 Å². The average Bonchev–Trinajstić information content (AvgIpc) is 2.17. The molecule has 0 aliphatic rings. The monoisotopic (exact) mass is 214 g/mol. The van der Waals surface area contributed by atoms with Gasteiger partial charge in [0.05, 0.1) is 11.7 Å². The lowest BCUT2D eigenvalue weighted by molar-refractivity contribution is 0.00184. The van der Waals surface area contributed by atoms with E-state index in [1.165, 1.54) is 18.2 Å². The second kappa shape index (κ2) is 4.97. The fourth-order valence-corrected chi connectivity index (χ4v) is 1.33. The van der Waals surface area contributed by atoms with E-state index in [9.17, 15) is 20.4 Å². The van der Waals surface area contributed by atoms with Gasteiger partial charge in [-0.05, 0) is 18.6 Å². The Morgan fingerprint density at radius 1 is 1.07 bits per heavy atom. The Balaban J connectivity index is 2.94. The molecule has 0 spiro atoms. The van der Waals surface area contributed by atoms with Crippen molar-refractivity contribution in [3.05, 3.63) is 23.8 Å². The lowest BCUT2D eigenvalue weighted by Gasteiger charge is -2.19. The fourth-order valence-electron chi connectivity index (χ4n) is 1.33. The van der Waals surface area contributed by atoms with Crippen molar-refractivity contribution in [3.8, 4) is 11.5 Å². The number of phenols is 2. The van der Waals surface area contributed by atoms with Crippen LogP contribution >= 0.6 is 0 Å². The van der Waals surface area contributed by atoms with Gasteiger partial charge in [0, 0.05) is 6.61 Å². The molecule has 1 aromatic rings. The number of aliphatic hydroxyl groups is 3. The van der Waals surface area contributed by atoms with Gasteiger partial charge >= 0.3 is 0 Å². The maximum atomic E-state index is 9.60. The van der Waals surface area contributed by atoms with Gasteiger partial charge in [0.25, 0.3) is 0 Å². The van der Waals surface area contributed by atoms with Crippen LogP contribution in [0, 0.1) is 0 Å². The molecule has 5 N–H and O–H groups in total. The van der Waals surface area contributed by atoms with E-state index in [1.807, 2.05) is 0 Å². The summed E-state index contributed by atoms with van der Waals surface area (Å²) in [5.74, 6) is -0.584. The van der Waals surface area contributed by atoms with Crippen LogP contribution in [0.25, 0.3) is 0 Å². The van der Waals surface area contributed by atoms with Crippen molar-refractivity contribution in [1.29, 1.82) is 0 Å². The molecule has 0 saturated heterocycles. The standard InChI is InChI=1S/C10H14O5/c11-5-4-8(14)10(15)9-6(12)2-1-3-7(9)13/h1-3,8,10-15H,4-5H2. The molecule has 0 amide bonds. The zero-order chi connectivity index (χ0) is 11.4. The summed E-state index contributed by atoms with van der Waals surface area (Å²) >= 11 is 0. The van der Waals surface area contributed by atoms with Gasteiger partial charge in [0.1, 0.15) is 17.6 Å². The molecular weight excluding hydrogens is 200 g/mol. The molecule has 2 atom stereocenters. The Morgan fingerprint density at radius 3 is 2.07 bits per heavy atom. The minimum Gasteiger partial charge on any atom is -0.507 e. The van der Waals surface area contributed by atoms with Crippen molar-refractivity contribution < 1.29 is 25.5 Å². The highest BCUT2D eigenvalue weighted by Crippen LogP contribution is 2.34. The minimum absolute atomic E-state index is 0.0328. The van der Waals surface area contributed by atoms with Crippen molar-refractivity contribution in [2.45, 2.75) is 18.6 Å². The lowest BCUT2D eigenvalue weighted by Crippen LogP contribution is -2.19. The zero-order valence-corrected chi connectivity index (χ0v) is 8.04. The predicted molar refractivity (Wildman–Crippen MR) is 52.4 cm³/mol. The van der Waals surface area contributed by atoms with Crippen molar-refractivity contribution in [2.75, 3.05) is 6.61 Å². The summed E-state index contributed by atoms with van der Waals surface area (Å²) in [5.41, 5.74) is -0.126. The first-order valence-electron chi connectivity index (χ1n) is 4.55. The van der Waals surface area contributed by atoms with Gasteiger partial charge < -0.3 is 25.5 Å². The Hall–Kier alpha value is -1.30. The summed E-state index contributed by atoms with van der Waals surface area (Å²) in [6.07, 6.45) is -2.68. The van der Waals surface area contributed by atoms with Crippen LogP contribution in [0.3, 0.4) is 0 Å². The van der Waals surface area contributed by atoms with Crippen molar-refractivity contribution >= 4 is 0 Å². The first kappa shape index (κ1) is 11.8. The molecule has 1 aromatic carbocycles. The van der Waals surface area contributed by atoms with Crippen molar-refractivity contribution in [1.82, 2.24) is 0 Å².